The van der Waals surface area contributed by atoms with Crippen molar-refractivity contribution >= 4 is 28.9 Å². The lowest BCUT2D eigenvalue weighted by atomic mass is 10.1. The lowest BCUT2D eigenvalue weighted by molar-refractivity contribution is 0.319. The van der Waals surface area contributed by atoms with Crippen LogP contribution in [0.1, 0.15) is 12.5 Å². The van der Waals surface area contributed by atoms with Gasteiger partial charge in [-0.25, -0.2) is 0 Å². The molecule has 1 aromatic rings. The molecule has 64 valence electrons. The van der Waals surface area contributed by atoms with E-state index in [1.54, 1.807) is 25.1 Å². The molecular weight excluding hydrogens is 197 g/mol. The van der Waals surface area contributed by atoms with Gasteiger partial charge in [0.25, 0.3) is 0 Å². The van der Waals surface area contributed by atoms with Gasteiger partial charge in [-0.2, -0.15) is 0 Å². The van der Waals surface area contributed by atoms with Gasteiger partial charge >= 0.3 is 0 Å². The molecular formula is C8H7Cl2NO. The van der Waals surface area contributed by atoms with Crippen molar-refractivity contribution in [3.05, 3.63) is 33.8 Å². The van der Waals surface area contributed by atoms with Crippen molar-refractivity contribution in [2.45, 2.75) is 6.92 Å². The monoisotopic (exact) mass is 203 g/mol. The van der Waals surface area contributed by atoms with Crippen molar-refractivity contribution in [2.24, 2.45) is 5.16 Å². The predicted octanol–water partition coefficient (Wildman–Crippen LogP) is 3.19. The molecule has 0 spiro atoms. The van der Waals surface area contributed by atoms with Crippen LogP contribution in [0.5, 0.6) is 0 Å². The van der Waals surface area contributed by atoms with Crippen LogP contribution in [0.2, 0.25) is 10.0 Å². The Hall–Kier alpha value is -0.730. The van der Waals surface area contributed by atoms with E-state index in [1.165, 1.54) is 0 Å². The number of rotatable bonds is 1. The maximum Gasteiger partial charge on any atom is 0.0851 e. The lowest BCUT2D eigenvalue weighted by Crippen LogP contribution is -1.94. The van der Waals surface area contributed by atoms with E-state index >= 15 is 0 Å². The van der Waals surface area contributed by atoms with Gasteiger partial charge in [0.1, 0.15) is 0 Å². The molecule has 0 saturated carbocycles. The first-order valence-electron chi connectivity index (χ1n) is 3.29. The molecule has 0 saturated heterocycles. The summed E-state index contributed by atoms with van der Waals surface area (Å²) >= 11 is 11.5. The Morgan fingerprint density at radius 1 is 1.42 bits per heavy atom. The van der Waals surface area contributed by atoms with E-state index in [0.29, 0.717) is 21.3 Å². The van der Waals surface area contributed by atoms with Crippen LogP contribution in [0.3, 0.4) is 0 Å². The summed E-state index contributed by atoms with van der Waals surface area (Å²) in [6.07, 6.45) is 0. The molecule has 0 unspecified atom stereocenters. The van der Waals surface area contributed by atoms with Crippen LogP contribution in [0, 0.1) is 0 Å². The van der Waals surface area contributed by atoms with E-state index in [9.17, 15) is 0 Å². The van der Waals surface area contributed by atoms with Gasteiger partial charge in [-0.05, 0) is 19.1 Å². The Morgan fingerprint density at radius 3 is 2.58 bits per heavy atom. The topological polar surface area (TPSA) is 32.6 Å². The normalized spacial score (nSPS) is 11.8. The van der Waals surface area contributed by atoms with Crippen LogP contribution in [0.15, 0.2) is 23.4 Å². The summed E-state index contributed by atoms with van der Waals surface area (Å²) in [7, 11) is 0. The Bertz CT molecular complexity index is 323. The van der Waals surface area contributed by atoms with E-state index in [4.69, 9.17) is 28.4 Å². The molecule has 2 nitrogen and oxygen atoms in total. The highest BCUT2D eigenvalue weighted by atomic mass is 35.5. The van der Waals surface area contributed by atoms with Crippen molar-refractivity contribution < 1.29 is 5.21 Å². The zero-order valence-corrected chi connectivity index (χ0v) is 7.89. The first-order valence-corrected chi connectivity index (χ1v) is 4.05. The van der Waals surface area contributed by atoms with E-state index in [-0.39, 0.29) is 0 Å². The molecule has 1 N–H and O–H groups in total. The fourth-order valence-electron chi connectivity index (χ4n) is 0.837. The number of hydrogen-bond acceptors (Lipinski definition) is 2. The number of hydrogen-bond donors (Lipinski definition) is 1. The molecule has 1 rings (SSSR count). The first kappa shape index (κ1) is 9.36. The SMILES string of the molecule is CC(=NO)c1ccc(Cl)cc1Cl. The predicted molar refractivity (Wildman–Crippen MR) is 50.5 cm³/mol. The molecule has 1 aromatic carbocycles. The van der Waals surface area contributed by atoms with Crippen LogP contribution in [0.4, 0.5) is 0 Å². The van der Waals surface area contributed by atoms with Gasteiger partial charge in [0.05, 0.1) is 10.7 Å². The summed E-state index contributed by atoms with van der Waals surface area (Å²) in [5.41, 5.74) is 1.15. The number of benzene rings is 1. The summed E-state index contributed by atoms with van der Waals surface area (Å²) in [6.45, 7) is 1.66. The minimum atomic E-state index is 0.469. The second-order valence-electron chi connectivity index (χ2n) is 2.31. The maximum absolute atomic E-state index is 8.48. The summed E-state index contributed by atoms with van der Waals surface area (Å²) in [5.74, 6) is 0. The van der Waals surface area contributed by atoms with Gasteiger partial charge in [-0.15, -0.1) is 0 Å². The third kappa shape index (κ3) is 1.90. The first-order chi connectivity index (χ1) is 5.65. The molecule has 0 heterocycles. The van der Waals surface area contributed by atoms with Crippen molar-refractivity contribution in [2.75, 3.05) is 0 Å². The summed E-state index contributed by atoms with van der Waals surface area (Å²) in [5, 5.41) is 12.6. The molecule has 12 heavy (non-hydrogen) atoms. The maximum atomic E-state index is 8.48. The Morgan fingerprint density at radius 2 is 2.08 bits per heavy atom. The highest BCUT2D eigenvalue weighted by molar-refractivity contribution is 6.36. The van der Waals surface area contributed by atoms with Gasteiger partial charge < -0.3 is 5.21 Å². The van der Waals surface area contributed by atoms with Crippen molar-refractivity contribution in [3.8, 4) is 0 Å². The number of nitrogens with zero attached hydrogens (tertiary/aromatic N) is 1. The minimum Gasteiger partial charge on any atom is -0.411 e. The summed E-state index contributed by atoms with van der Waals surface area (Å²) < 4.78 is 0. The van der Waals surface area contributed by atoms with Gasteiger partial charge in [0.15, 0.2) is 0 Å². The van der Waals surface area contributed by atoms with Crippen LogP contribution < -0.4 is 0 Å². The van der Waals surface area contributed by atoms with Crippen molar-refractivity contribution in [1.82, 2.24) is 0 Å². The van der Waals surface area contributed by atoms with Crippen LogP contribution >= 0.6 is 23.2 Å². The zero-order valence-electron chi connectivity index (χ0n) is 6.38. The summed E-state index contributed by atoms with van der Waals surface area (Å²) in [4.78, 5) is 0. The largest absolute Gasteiger partial charge is 0.411 e. The molecule has 0 atom stereocenters. The third-order valence-corrected chi connectivity index (χ3v) is 2.02. The van der Waals surface area contributed by atoms with E-state index in [2.05, 4.69) is 5.16 Å². The second-order valence-corrected chi connectivity index (χ2v) is 3.15. The number of oxime groups is 1. The van der Waals surface area contributed by atoms with Crippen molar-refractivity contribution in [3.63, 3.8) is 0 Å². The van der Waals surface area contributed by atoms with Gasteiger partial charge in [0.2, 0.25) is 0 Å². The molecule has 0 aliphatic carbocycles. The molecule has 0 amide bonds. The Balaban J connectivity index is 3.18. The Kier molecular flexibility index (Phi) is 2.95. The smallest absolute Gasteiger partial charge is 0.0851 e. The van der Waals surface area contributed by atoms with E-state index < -0.39 is 0 Å². The minimum absolute atomic E-state index is 0.469. The Labute approximate surface area is 80.4 Å². The summed E-state index contributed by atoms with van der Waals surface area (Å²) in [6, 6.07) is 5.00. The van der Waals surface area contributed by atoms with Crippen molar-refractivity contribution in [1.29, 1.82) is 0 Å². The van der Waals surface area contributed by atoms with Crippen LogP contribution in [-0.2, 0) is 0 Å². The molecule has 0 aliphatic heterocycles. The zero-order chi connectivity index (χ0) is 9.14. The average Bonchev–Trinajstić information content (AvgIpc) is 2.03. The van der Waals surface area contributed by atoms with E-state index in [0.717, 1.165) is 0 Å². The molecule has 0 radical (unpaired) electrons. The molecule has 4 heteroatoms. The standard InChI is InChI=1S/C8H7Cl2NO/c1-5(11-12)7-3-2-6(9)4-8(7)10/h2-4,12H,1H3. The molecule has 0 aliphatic rings. The lowest BCUT2D eigenvalue weighted by Gasteiger charge is -2.01. The quantitative estimate of drug-likeness (QED) is 0.425. The third-order valence-electron chi connectivity index (χ3n) is 1.47. The molecule has 0 aromatic heterocycles. The fourth-order valence-corrected chi connectivity index (χ4v) is 1.38. The van der Waals surface area contributed by atoms with Gasteiger partial charge in [-0.3, -0.25) is 0 Å². The van der Waals surface area contributed by atoms with Gasteiger partial charge in [0, 0.05) is 10.6 Å². The fraction of sp³-hybridized carbons (Fsp3) is 0.125. The highest BCUT2D eigenvalue weighted by Gasteiger charge is 2.03. The van der Waals surface area contributed by atoms with Crippen LogP contribution in [0.25, 0.3) is 0 Å². The second kappa shape index (κ2) is 3.78. The number of halogens is 2. The highest BCUT2D eigenvalue weighted by Crippen LogP contribution is 2.21. The van der Waals surface area contributed by atoms with Gasteiger partial charge in [-0.1, -0.05) is 34.4 Å². The molecule has 0 fully saturated rings. The van der Waals surface area contributed by atoms with Crippen LogP contribution in [-0.4, -0.2) is 10.9 Å². The van der Waals surface area contributed by atoms with E-state index in [1.807, 2.05) is 0 Å². The average molecular weight is 204 g/mol. The molecule has 0 bridgehead atoms.